The molecule has 7 nitrogen and oxygen atoms in total. The van der Waals surface area contributed by atoms with Crippen molar-refractivity contribution in [3.05, 3.63) is 59.6 Å². The van der Waals surface area contributed by atoms with E-state index < -0.39 is 41.6 Å². The first-order valence-corrected chi connectivity index (χ1v) is 7.70. The van der Waals surface area contributed by atoms with E-state index in [1.165, 1.54) is 13.2 Å². The molecule has 0 radical (unpaired) electrons. The summed E-state index contributed by atoms with van der Waals surface area (Å²) < 4.78 is 32.6. The number of hydrogen-bond donors (Lipinski definition) is 2. The third-order valence-corrected chi connectivity index (χ3v) is 4.08. The van der Waals surface area contributed by atoms with Gasteiger partial charge in [0, 0.05) is 5.56 Å². The fourth-order valence-electron chi connectivity index (χ4n) is 2.70. The van der Waals surface area contributed by atoms with Crippen LogP contribution in [0.5, 0.6) is 0 Å². The van der Waals surface area contributed by atoms with Gasteiger partial charge in [-0.1, -0.05) is 0 Å². The number of nitrogens with zero attached hydrogens (tertiary/aromatic N) is 1. The second kappa shape index (κ2) is 6.58. The van der Waals surface area contributed by atoms with Gasteiger partial charge >= 0.3 is 6.03 Å². The Hall–Kier alpha value is -3.23. The maximum Gasteiger partial charge on any atom is 0.325 e. The quantitative estimate of drug-likeness (QED) is 0.790. The molecule has 2 aromatic rings. The molecule has 1 aliphatic heterocycles. The minimum absolute atomic E-state index is 0.0886. The van der Waals surface area contributed by atoms with E-state index in [0.717, 1.165) is 18.2 Å². The van der Waals surface area contributed by atoms with Crippen molar-refractivity contribution in [2.45, 2.75) is 19.0 Å². The maximum atomic E-state index is 14.1. The molecule has 0 spiro atoms. The summed E-state index contributed by atoms with van der Waals surface area (Å²) in [4.78, 5) is 37.4. The van der Waals surface area contributed by atoms with Gasteiger partial charge in [-0.2, -0.15) is 0 Å². The van der Waals surface area contributed by atoms with Crippen LogP contribution < -0.4 is 10.6 Å². The fraction of sp³-hybridized carbons (Fsp3) is 0.235. The van der Waals surface area contributed by atoms with Crippen molar-refractivity contribution in [1.82, 2.24) is 15.5 Å². The van der Waals surface area contributed by atoms with Gasteiger partial charge in [-0.3, -0.25) is 14.5 Å². The second-order valence-corrected chi connectivity index (χ2v) is 5.93. The Morgan fingerprint density at radius 1 is 1.31 bits per heavy atom. The number of nitrogens with one attached hydrogen (secondary N) is 2. The van der Waals surface area contributed by atoms with E-state index in [-0.39, 0.29) is 12.1 Å². The smallest absolute Gasteiger partial charge is 0.325 e. The number of amides is 4. The first-order valence-electron chi connectivity index (χ1n) is 7.70. The van der Waals surface area contributed by atoms with Crippen molar-refractivity contribution in [2.24, 2.45) is 0 Å². The molecule has 2 heterocycles. The molecule has 1 saturated heterocycles. The molecule has 0 bridgehead atoms. The Balaban J connectivity index is 1.74. The summed E-state index contributed by atoms with van der Waals surface area (Å²) in [5.41, 5.74) is -2.11. The van der Waals surface area contributed by atoms with Crippen LogP contribution in [0.3, 0.4) is 0 Å². The van der Waals surface area contributed by atoms with E-state index in [9.17, 15) is 23.2 Å². The van der Waals surface area contributed by atoms with Crippen LogP contribution in [0.25, 0.3) is 0 Å². The highest BCUT2D eigenvalue weighted by Gasteiger charge is 2.50. The second-order valence-electron chi connectivity index (χ2n) is 5.93. The van der Waals surface area contributed by atoms with Crippen molar-refractivity contribution < 1.29 is 27.6 Å². The summed E-state index contributed by atoms with van der Waals surface area (Å²) in [6.07, 6.45) is 1.44. The van der Waals surface area contributed by atoms with Gasteiger partial charge < -0.3 is 15.1 Å². The normalized spacial score (nSPS) is 19.6. The topological polar surface area (TPSA) is 91.7 Å². The highest BCUT2D eigenvalue weighted by molar-refractivity contribution is 6.09. The monoisotopic (exact) mass is 363 g/mol. The van der Waals surface area contributed by atoms with E-state index >= 15 is 0 Å². The minimum Gasteiger partial charge on any atom is -0.467 e. The molecule has 9 heteroatoms. The first kappa shape index (κ1) is 17.6. The molecule has 136 valence electrons. The maximum absolute atomic E-state index is 14.1. The van der Waals surface area contributed by atoms with Gasteiger partial charge in [0.05, 0.1) is 12.8 Å². The Morgan fingerprint density at radius 2 is 2.08 bits per heavy atom. The van der Waals surface area contributed by atoms with Crippen molar-refractivity contribution >= 4 is 17.8 Å². The molecule has 4 amide bonds. The molecular formula is C17H15F2N3O4. The predicted molar refractivity (Wildman–Crippen MR) is 84.5 cm³/mol. The van der Waals surface area contributed by atoms with Crippen LogP contribution in [-0.4, -0.2) is 29.3 Å². The standard InChI is InChI=1S/C17H15F2N3O4/c1-17(12-7-10(18)4-5-13(12)19)15(24)22(16(25)21-17)9-14(23)20-8-11-3-2-6-26-11/h2-7H,8-9H2,1H3,(H,20,23)(H,21,25). The van der Waals surface area contributed by atoms with E-state index in [1.807, 2.05) is 0 Å². The van der Waals surface area contributed by atoms with Crippen LogP contribution in [0.4, 0.5) is 13.6 Å². The zero-order valence-corrected chi connectivity index (χ0v) is 13.7. The number of urea groups is 1. The van der Waals surface area contributed by atoms with Crippen LogP contribution in [0.1, 0.15) is 18.2 Å². The molecule has 1 aromatic carbocycles. The lowest BCUT2D eigenvalue weighted by Gasteiger charge is -2.22. The van der Waals surface area contributed by atoms with Gasteiger partial charge in [-0.05, 0) is 37.3 Å². The van der Waals surface area contributed by atoms with Gasteiger partial charge in [0.15, 0.2) is 0 Å². The summed E-state index contributed by atoms with van der Waals surface area (Å²) in [6, 6.07) is 5.05. The third kappa shape index (κ3) is 3.15. The van der Waals surface area contributed by atoms with Gasteiger partial charge in [0.25, 0.3) is 5.91 Å². The number of benzene rings is 1. The van der Waals surface area contributed by atoms with Crippen molar-refractivity contribution in [2.75, 3.05) is 6.54 Å². The molecule has 26 heavy (non-hydrogen) atoms. The average molecular weight is 363 g/mol. The molecule has 1 unspecified atom stereocenters. The number of carbonyl (C=O) groups excluding carboxylic acids is 3. The Labute approximate surface area is 147 Å². The number of rotatable bonds is 5. The molecule has 3 rings (SSSR count). The van der Waals surface area contributed by atoms with Crippen molar-refractivity contribution in [3.63, 3.8) is 0 Å². The molecule has 1 atom stereocenters. The summed E-state index contributed by atoms with van der Waals surface area (Å²) in [7, 11) is 0. The van der Waals surface area contributed by atoms with Crippen LogP contribution in [0.15, 0.2) is 41.0 Å². The molecule has 2 N–H and O–H groups in total. The molecule has 0 saturated carbocycles. The first-order chi connectivity index (χ1) is 12.3. The van der Waals surface area contributed by atoms with Crippen molar-refractivity contribution in [3.8, 4) is 0 Å². The summed E-state index contributed by atoms with van der Waals surface area (Å²) in [5, 5.41) is 4.82. The zero-order valence-electron chi connectivity index (χ0n) is 13.7. The Kier molecular flexibility index (Phi) is 4.45. The van der Waals surface area contributed by atoms with Gasteiger partial charge in [-0.25, -0.2) is 13.6 Å². The highest BCUT2D eigenvalue weighted by atomic mass is 19.1. The largest absolute Gasteiger partial charge is 0.467 e. The van der Waals surface area contributed by atoms with E-state index in [2.05, 4.69) is 10.6 Å². The summed E-state index contributed by atoms with van der Waals surface area (Å²) >= 11 is 0. The number of hydrogen-bond acceptors (Lipinski definition) is 4. The number of carbonyl (C=O) groups is 3. The fourth-order valence-corrected chi connectivity index (χ4v) is 2.70. The van der Waals surface area contributed by atoms with Crippen molar-refractivity contribution in [1.29, 1.82) is 0 Å². The summed E-state index contributed by atoms with van der Waals surface area (Å²) in [5.74, 6) is -2.54. The van der Waals surface area contributed by atoms with Gasteiger partial charge in [0.1, 0.15) is 29.5 Å². The molecule has 0 aliphatic carbocycles. The average Bonchev–Trinajstić information content (AvgIpc) is 3.18. The van der Waals surface area contributed by atoms with Crippen LogP contribution >= 0.6 is 0 Å². The zero-order chi connectivity index (χ0) is 18.9. The number of imide groups is 1. The van der Waals surface area contributed by atoms with E-state index in [0.29, 0.717) is 10.7 Å². The third-order valence-electron chi connectivity index (χ3n) is 4.08. The van der Waals surface area contributed by atoms with Crippen LogP contribution in [0.2, 0.25) is 0 Å². The van der Waals surface area contributed by atoms with E-state index in [4.69, 9.17) is 4.42 Å². The highest BCUT2D eigenvalue weighted by Crippen LogP contribution is 2.31. The van der Waals surface area contributed by atoms with Crippen LogP contribution in [-0.2, 0) is 21.7 Å². The molecule has 1 fully saturated rings. The lowest BCUT2D eigenvalue weighted by molar-refractivity contribution is -0.135. The molecular weight excluding hydrogens is 348 g/mol. The minimum atomic E-state index is -1.80. The Morgan fingerprint density at radius 3 is 2.77 bits per heavy atom. The lowest BCUT2D eigenvalue weighted by Crippen LogP contribution is -2.43. The Bertz CT molecular complexity index is 869. The number of halogens is 2. The van der Waals surface area contributed by atoms with Gasteiger partial charge in [-0.15, -0.1) is 0 Å². The number of furan rings is 1. The lowest BCUT2D eigenvalue weighted by atomic mass is 9.91. The SMILES string of the molecule is CC1(c2cc(F)ccc2F)NC(=O)N(CC(=O)NCc2ccco2)C1=O. The molecule has 1 aliphatic rings. The summed E-state index contributed by atoms with van der Waals surface area (Å²) in [6.45, 7) is 0.787. The molecule has 1 aromatic heterocycles. The van der Waals surface area contributed by atoms with Crippen LogP contribution in [0, 0.1) is 11.6 Å². The van der Waals surface area contributed by atoms with Gasteiger partial charge in [0.2, 0.25) is 5.91 Å². The predicted octanol–water partition coefficient (Wildman–Crippen LogP) is 1.64. The van der Waals surface area contributed by atoms with E-state index in [1.54, 1.807) is 12.1 Å².